The molecular weight excluding hydrogens is 274 g/mol. The van der Waals surface area contributed by atoms with Crippen molar-refractivity contribution >= 4 is 17.5 Å². The smallest absolute Gasteiger partial charge is 0.328 e. The summed E-state index contributed by atoms with van der Waals surface area (Å²) in [6.45, 7) is 4.50. The van der Waals surface area contributed by atoms with Crippen LogP contribution in [0.25, 0.3) is 0 Å². The van der Waals surface area contributed by atoms with Crippen LogP contribution in [-0.2, 0) is 9.53 Å². The highest BCUT2D eigenvalue weighted by Gasteiger charge is 2.31. The van der Waals surface area contributed by atoms with Crippen molar-refractivity contribution in [3.63, 3.8) is 0 Å². The fraction of sp³-hybridized carbons (Fsp3) is 0.571. The molecule has 1 aliphatic rings. The number of aryl methyl sites for hydroxylation is 1. The van der Waals surface area contributed by atoms with E-state index in [1.165, 1.54) is 6.20 Å². The van der Waals surface area contributed by atoms with Crippen molar-refractivity contribution < 1.29 is 14.5 Å². The number of carbonyl (C=O) groups excluding carboxylic acids is 1. The quantitative estimate of drug-likeness (QED) is 0.480. The van der Waals surface area contributed by atoms with E-state index >= 15 is 0 Å². The number of aromatic nitrogens is 1. The zero-order valence-corrected chi connectivity index (χ0v) is 12.2. The second-order valence-corrected chi connectivity index (χ2v) is 5.04. The normalized spacial score (nSPS) is 18.4. The van der Waals surface area contributed by atoms with Gasteiger partial charge in [-0.05, 0) is 39.2 Å². The second-order valence-electron chi connectivity index (χ2n) is 5.04. The predicted octanol–water partition coefficient (Wildman–Crippen LogP) is 2.22. The lowest BCUT2D eigenvalue weighted by Crippen LogP contribution is -2.46. The minimum absolute atomic E-state index is 0.0107. The molecule has 1 aromatic heterocycles. The number of ether oxygens (including phenoxy) is 1. The molecule has 114 valence electrons. The van der Waals surface area contributed by atoms with Gasteiger partial charge in [0, 0.05) is 12.1 Å². The Morgan fingerprint density at radius 1 is 1.57 bits per heavy atom. The van der Waals surface area contributed by atoms with Crippen LogP contribution in [0.4, 0.5) is 11.5 Å². The first kappa shape index (κ1) is 15.2. The molecule has 0 radical (unpaired) electrons. The largest absolute Gasteiger partial charge is 0.464 e. The summed E-state index contributed by atoms with van der Waals surface area (Å²) in [5, 5.41) is 10.8. The summed E-state index contributed by atoms with van der Waals surface area (Å²) in [5.74, 6) is 0.339. The van der Waals surface area contributed by atoms with Gasteiger partial charge >= 0.3 is 5.97 Å². The molecule has 0 amide bonds. The number of rotatable bonds is 4. The number of piperidine rings is 1. The van der Waals surface area contributed by atoms with E-state index in [2.05, 4.69) is 4.98 Å². The van der Waals surface area contributed by atoms with Crippen LogP contribution < -0.4 is 4.90 Å². The molecule has 0 N–H and O–H groups in total. The van der Waals surface area contributed by atoms with Gasteiger partial charge in [0.25, 0.3) is 5.69 Å². The number of anilines is 1. The highest BCUT2D eigenvalue weighted by Crippen LogP contribution is 2.27. The maximum atomic E-state index is 12.0. The highest BCUT2D eigenvalue weighted by atomic mass is 16.6. The average Bonchev–Trinajstić information content (AvgIpc) is 2.47. The molecule has 1 fully saturated rings. The third-order valence-electron chi connectivity index (χ3n) is 3.62. The monoisotopic (exact) mass is 293 g/mol. The summed E-state index contributed by atoms with van der Waals surface area (Å²) in [6, 6.07) is 1.31. The maximum Gasteiger partial charge on any atom is 0.328 e. The number of esters is 1. The SMILES string of the molecule is CCOC(=O)C1CCCCN1c1cc(C)c([N+](=O)[O-])cn1. The van der Waals surface area contributed by atoms with Crippen molar-refractivity contribution in [1.29, 1.82) is 0 Å². The third kappa shape index (κ3) is 3.29. The van der Waals surface area contributed by atoms with E-state index in [9.17, 15) is 14.9 Å². The van der Waals surface area contributed by atoms with E-state index in [4.69, 9.17) is 4.74 Å². The molecule has 7 nitrogen and oxygen atoms in total. The van der Waals surface area contributed by atoms with E-state index in [1.54, 1.807) is 19.9 Å². The first-order valence-corrected chi connectivity index (χ1v) is 7.09. The first-order valence-electron chi connectivity index (χ1n) is 7.09. The number of hydrogen-bond acceptors (Lipinski definition) is 6. The number of pyridine rings is 1. The summed E-state index contributed by atoms with van der Waals surface area (Å²) in [7, 11) is 0. The molecule has 1 saturated heterocycles. The zero-order valence-electron chi connectivity index (χ0n) is 12.2. The molecule has 1 unspecified atom stereocenters. The van der Waals surface area contributed by atoms with Gasteiger partial charge in [-0.2, -0.15) is 0 Å². The standard InChI is InChI=1S/C14H19N3O4/c1-3-21-14(18)11-6-4-5-7-16(11)13-8-10(2)12(9-15-13)17(19)20/h8-9,11H,3-7H2,1-2H3. The lowest BCUT2D eigenvalue weighted by molar-refractivity contribution is -0.385. The molecule has 21 heavy (non-hydrogen) atoms. The van der Waals surface area contributed by atoms with Crippen LogP contribution in [0.15, 0.2) is 12.3 Å². The minimum Gasteiger partial charge on any atom is -0.464 e. The van der Waals surface area contributed by atoms with Gasteiger partial charge in [0.1, 0.15) is 18.1 Å². The van der Waals surface area contributed by atoms with E-state index in [1.807, 2.05) is 4.90 Å². The minimum atomic E-state index is -0.453. The topological polar surface area (TPSA) is 85.6 Å². The van der Waals surface area contributed by atoms with E-state index in [0.717, 1.165) is 19.3 Å². The Morgan fingerprint density at radius 2 is 2.33 bits per heavy atom. The van der Waals surface area contributed by atoms with Gasteiger partial charge in [-0.15, -0.1) is 0 Å². The van der Waals surface area contributed by atoms with Crippen LogP contribution in [0.3, 0.4) is 0 Å². The van der Waals surface area contributed by atoms with Crippen LogP contribution >= 0.6 is 0 Å². The molecule has 0 aromatic carbocycles. The summed E-state index contributed by atoms with van der Waals surface area (Å²) >= 11 is 0. The number of carbonyl (C=O) groups is 1. The molecule has 0 saturated carbocycles. The van der Waals surface area contributed by atoms with Crippen molar-refractivity contribution in [3.05, 3.63) is 27.9 Å². The van der Waals surface area contributed by atoms with Gasteiger partial charge in [-0.3, -0.25) is 10.1 Å². The average molecular weight is 293 g/mol. The van der Waals surface area contributed by atoms with Gasteiger partial charge in [-0.25, -0.2) is 9.78 Å². The lowest BCUT2D eigenvalue weighted by Gasteiger charge is -2.34. The van der Waals surface area contributed by atoms with Crippen molar-refractivity contribution in [2.45, 2.75) is 39.2 Å². The van der Waals surface area contributed by atoms with Gasteiger partial charge in [0.2, 0.25) is 0 Å². The van der Waals surface area contributed by atoms with E-state index < -0.39 is 4.92 Å². The van der Waals surface area contributed by atoms with Crippen molar-refractivity contribution in [2.24, 2.45) is 0 Å². The fourth-order valence-corrected chi connectivity index (χ4v) is 2.57. The second kappa shape index (κ2) is 6.51. The zero-order chi connectivity index (χ0) is 15.4. The molecule has 2 rings (SSSR count). The van der Waals surface area contributed by atoms with E-state index in [-0.39, 0.29) is 17.7 Å². The third-order valence-corrected chi connectivity index (χ3v) is 3.62. The van der Waals surface area contributed by atoms with Gasteiger partial charge < -0.3 is 9.64 Å². The Hall–Kier alpha value is -2.18. The molecule has 0 aliphatic carbocycles. The number of nitrogens with zero attached hydrogens (tertiary/aromatic N) is 3. The van der Waals surface area contributed by atoms with Gasteiger partial charge in [-0.1, -0.05) is 0 Å². The maximum absolute atomic E-state index is 12.0. The van der Waals surface area contributed by atoms with Gasteiger partial charge in [0.05, 0.1) is 11.5 Å². The van der Waals surface area contributed by atoms with Crippen molar-refractivity contribution in [2.75, 3.05) is 18.1 Å². The van der Waals surface area contributed by atoms with Crippen LogP contribution in [0.2, 0.25) is 0 Å². The molecular formula is C14H19N3O4. The molecule has 2 heterocycles. The molecule has 0 spiro atoms. The first-order chi connectivity index (χ1) is 10.0. The summed E-state index contributed by atoms with van der Waals surface area (Å²) in [6.07, 6.45) is 3.90. The van der Waals surface area contributed by atoms with Crippen molar-refractivity contribution in [1.82, 2.24) is 4.98 Å². The Bertz CT molecular complexity index is 547. The summed E-state index contributed by atoms with van der Waals surface area (Å²) in [5.41, 5.74) is 0.529. The Kier molecular flexibility index (Phi) is 4.72. The van der Waals surface area contributed by atoms with Crippen LogP contribution in [0.1, 0.15) is 31.7 Å². The number of hydrogen-bond donors (Lipinski definition) is 0. The molecule has 0 bridgehead atoms. The summed E-state index contributed by atoms with van der Waals surface area (Å²) in [4.78, 5) is 28.5. The van der Waals surface area contributed by atoms with Crippen LogP contribution in [0, 0.1) is 17.0 Å². The lowest BCUT2D eigenvalue weighted by atomic mass is 10.0. The predicted molar refractivity (Wildman–Crippen MR) is 77.2 cm³/mol. The van der Waals surface area contributed by atoms with Crippen LogP contribution in [0.5, 0.6) is 0 Å². The van der Waals surface area contributed by atoms with Crippen molar-refractivity contribution in [3.8, 4) is 0 Å². The molecule has 1 aliphatic heterocycles. The summed E-state index contributed by atoms with van der Waals surface area (Å²) < 4.78 is 5.11. The Labute approximate surface area is 123 Å². The Balaban J connectivity index is 2.27. The number of nitro groups is 1. The fourth-order valence-electron chi connectivity index (χ4n) is 2.57. The molecule has 7 heteroatoms. The van der Waals surface area contributed by atoms with E-state index in [0.29, 0.717) is 24.5 Å². The van der Waals surface area contributed by atoms with Gasteiger partial charge in [0.15, 0.2) is 0 Å². The van der Waals surface area contributed by atoms with Crippen LogP contribution in [-0.4, -0.2) is 35.1 Å². The molecule has 1 atom stereocenters. The molecule has 1 aromatic rings. The highest BCUT2D eigenvalue weighted by molar-refractivity contribution is 5.80. The Morgan fingerprint density at radius 3 is 2.95 bits per heavy atom.